The zero-order valence-corrected chi connectivity index (χ0v) is 18.3. The molecule has 2 saturated heterocycles. The number of carbonyl (C=O) groups is 2. The number of nitrogens with one attached hydrogen (secondary N) is 1. The molecule has 2 fully saturated rings. The van der Waals surface area contributed by atoms with Crippen LogP contribution in [0.1, 0.15) is 44.7 Å². The number of rotatable bonds is 5. The van der Waals surface area contributed by atoms with Gasteiger partial charge in [0.2, 0.25) is 0 Å². The van der Waals surface area contributed by atoms with Crippen LogP contribution in [0.4, 0.5) is 5.82 Å². The van der Waals surface area contributed by atoms with Gasteiger partial charge in [-0.15, -0.1) is 0 Å². The van der Waals surface area contributed by atoms with Crippen LogP contribution in [0.3, 0.4) is 0 Å². The number of hydrogen-bond donors (Lipinski definition) is 1. The summed E-state index contributed by atoms with van der Waals surface area (Å²) >= 11 is 0. The molecule has 1 aromatic heterocycles. The summed E-state index contributed by atoms with van der Waals surface area (Å²) in [6.07, 6.45) is 3.79. The number of aromatic nitrogens is 1. The Hall–Kier alpha value is -2.93. The van der Waals surface area contributed by atoms with Crippen molar-refractivity contribution in [2.75, 3.05) is 44.2 Å². The van der Waals surface area contributed by atoms with Crippen molar-refractivity contribution in [3.05, 3.63) is 58.8 Å². The van der Waals surface area contributed by atoms with Gasteiger partial charge in [-0.05, 0) is 50.5 Å². The highest BCUT2D eigenvalue weighted by Gasteiger charge is 2.24. The van der Waals surface area contributed by atoms with E-state index in [4.69, 9.17) is 4.74 Å². The van der Waals surface area contributed by atoms with E-state index in [1.54, 1.807) is 12.3 Å². The summed E-state index contributed by atoms with van der Waals surface area (Å²) in [5.41, 5.74) is 3.50. The van der Waals surface area contributed by atoms with E-state index in [-0.39, 0.29) is 17.9 Å². The highest BCUT2D eigenvalue weighted by atomic mass is 16.5. The first kappa shape index (κ1) is 21.3. The lowest BCUT2D eigenvalue weighted by atomic mass is 10.0. The highest BCUT2D eigenvalue weighted by Crippen LogP contribution is 2.18. The lowest BCUT2D eigenvalue weighted by Gasteiger charge is -2.35. The molecule has 164 valence electrons. The van der Waals surface area contributed by atoms with E-state index in [0.29, 0.717) is 38.3 Å². The summed E-state index contributed by atoms with van der Waals surface area (Å²) in [6.45, 7) is 8.07. The van der Waals surface area contributed by atoms with Gasteiger partial charge in [-0.2, -0.15) is 0 Å². The Kier molecular flexibility index (Phi) is 6.51. The number of benzene rings is 1. The Morgan fingerprint density at radius 1 is 1.13 bits per heavy atom. The van der Waals surface area contributed by atoms with E-state index in [0.717, 1.165) is 42.0 Å². The largest absolute Gasteiger partial charge is 0.376 e. The summed E-state index contributed by atoms with van der Waals surface area (Å²) in [6, 6.07) is 9.64. The van der Waals surface area contributed by atoms with Crippen molar-refractivity contribution in [1.82, 2.24) is 15.2 Å². The maximum atomic E-state index is 12.9. The summed E-state index contributed by atoms with van der Waals surface area (Å²) in [5, 5.41) is 2.92. The van der Waals surface area contributed by atoms with Gasteiger partial charge < -0.3 is 19.9 Å². The number of amides is 2. The quantitative estimate of drug-likeness (QED) is 0.802. The van der Waals surface area contributed by atoms with Gasteiger partial charge in [0.15, 0.2) is 0 Å². The molecular weight excluding hydrogens is 392 g/mol. The van der Waals surface area contributed by atoms with Crippen LogP contribution >= 0.6 is 0 Å². The molecule has 1 N–H and O–H groups in total. The molecule has 0 spiro atoms. The zero-order chi connectivity index (χ0) is 21.8. The van der Waals surface area contributed by atoms with Crippen molar-refractivity contribution in [2.24, 2.45) is 0 Å². The molecule has 3 heterocycles. The van der Waals surface area contributed by atoms with E-state index in [1.807, 2.05) is 43.0 Å². The molecule has 0 radical (unpaired) electrons. The van der Waals surface area contributed by atoms with Crippen LogP contribution < -0.4 is 10.2 Å². The van der Waals surface area contributed by atoms with Crippen molar-refractivity contribution in [3.63, 3.8) is 0 Å². The standard InChI is InChI=1S/C24H30N4O3/c1-17-5-7-21(18(2)14-17)24(30)28-11-9-27(10-12-28)22-8-6-19(15-25-22)23(29)26-16-20-4-3-13-31-20/h5-8,14-15,20H,3-4,9-13,16H2,1-2H3,(H,26,29). The van der Waals surface area contributed by atoms with Crippen LogP contribution in [0.25, 0.3) is 0 Å². The van der Waals surface area contributed by atoms with Crippen LogP contribution in [0.2, 0.25) is 0 Å². The van der Waals surface area contributed by atoms with E-state index >= 15 is 0 Å². The number of ether oxygens (including phenoxy) is 1. The maximum absolute atomic E-state index is 12.9. The molecule has 1 aromatic carbocycles. The molecular formula is C24H30N4O3. The fourth-order valence-electron chi connectivity index (χ4n) is 4.18. The molecule has 7 nitrogen and oxygen atoms in total. The van der Waals surface area contributed by atoms with Crippen LogP contribution in [0.5, 0.6) is 0 Å². The smallest absolute Gasteiger partial charge is 0.254 e. The molecule has 2 aromatic rings. The molecule has 2 aliphatic heterocycles. The number of piperazine rings is 1. The Labute approximate surface area is 183 Å². The van der Waals surface area contributed by atoms with Crippen molar-refractivity contribution >= 4 is 17.6 Å². The molecule has 2 amide bonds. The first-order chi connectivity index (χ1) is 15.0. The van der Waals surface area contributed by atoms with Crippen LogP contribution in [0.15, 0.2) is 36.5 Å². The number of aryl methyl sites for hydroxylation is 2. The van der Waals surface area contributed by atoms with Crippen LogP contribution in [-0.2, 0) is 4.74 Å². The number of anilines is 1. The van der Waals surface area contributed by atoms with Gasteiger partial charge in [-0.25, -0.2) is 4.98 Å². The summed E-state index contributed by atoms with van der Waals surface area (Å²) in [7, 11) is 0. The lowest BCUT2D eigenvalue weighted by molar-refractivity contribution is 0.0745. The topological polar surface area (TPSA) is 74.8 Å². The second-order valence-electron chi connectivity index (χ2n) is 8.35. The van der Waals surface area contributed by atoms with Crippen LogP contribution in [0, 0.1) is 13.8 Å². The summed E-state index contributed by atoms with van der Waals surface area (Å²) in [5.74, 6) is 0.788. The predicted octanol–water partition coefficient (Wildman–Crippen LogP) is 2.57. The van der Waals surface area contributed by atoms with Crippen molar-refractivity contribution in [1.29, 1.82) is 0 Å². The summed E-state index contributed by atoms with van der Waals surface area (Å²) in [4.78, 5) is 33.8. The first-order valence-corrected chi connectivity index (χ1v) is 11.0. The Balaban J connectivity index is 1.30. The Bertz CT molecular complexity index is 930. The fourth-order valence-corrected chi connectivity index (χ4v) is 4.18. The third kappa shape index (κ3) is 5.05. The van der Waals surface area contributed by atoms with Gasteiger partial charge in [0.25, 0.3) is 11.8 Å². The normalized spacial score (nSPS) is 18.8. The minimum Gasteiger partial charge on any atom is -0.376 e. The Morgan fingerprint density at radius 3 is 2.58 bits per heavy atom. The number of carbonyl (C=O) groups excluding carboxylic acids is 2. The molecule has 0 aliphatic carbocycles. The second kappa shape index (κ2) is 9.47. The van der Waals surface area contributed by atoms with Gasteiger partial charge >= 0.3 is 0 Å². The third-order valence-electron chi connectivity index (χ3n) is 6.03. The monoisotopic (exact) mass is 422 g/mol. The van der Waals surface area contributed by atoms with Crippen LogP contribution in [-0.4, -0.2) is 67.1 Å². The zero-order valence-electron chi connectivity index (χ0n) is 18.3. The molecule has 7 heteroatoms. The lowest BCUT2D eigenvalue weighted by Crippen LogP contribution is -2.49. The predicted molar refractivity (Wildman–Crippen MR) is 120 cm³/mol. The number of nitrogens with zero attached hydrogens (tertiary/aromatic N) is 3. The molecule has 0 bridgehead atoms. The molecule has 2 aliphatic rings. The van der Waals surface area contributed by atoms with Crippen molar-refractivity contribution in [3.8, 4) is 0 Å². The molecule has 1 atom stereocenters. The summed E-state index contributed by atoms with van der Waals surface area (Å²) < 4.78 is 5.54. The van der Waals surface area contributed by atoms with E-state index in [9.17, 15) is 9.59 Å². The minimum atomic E-state index is -0.126. The van der Waals surface area contributed by atoms with Gasteiger partial charge in [0, 0.05) is 51.1 Å². The average molecular weight is 423 g/mol. The number of pyridine rings is 1. The number of hydrogen-bond acceptors (Lipinski definition) is 5. The highest BCUT2D eigenvalue weighted by molar-refractivity contribution is 5.96. The Morgan fingerprint density at radius 2 is 1.94 bits per heavy atom. The van der Waals surface area contributed by atoms with Gasteiger partial charge in [0.1, 0.15) is 5.82 Å². The third-order valence-corrected chi connectivity index (χ3v) is 6.03. The molecule has 0 saturated carbocycles. The average Bonchev–Trinajstić information content (AvgIpc) is 3.31. The van der Waals surface area contributed by atoms with Gasteiger partial charge in [-0.3, -0.25) is 9.59 Å². The first-order valence-electron chi connectivity index (χ1n) is 11.0. The SMILES string of the molecule is Cc1ccc(C(=O)N2CCN(c3ccc(C(=O)NCC4CCCO4)cn3)CC2)c(C)c1. The fraction of sp³-hybridized carbons (Fsp3) is 0.458. The van der Waals surface area contributed by atoms with E-state index in [1.165, 1.54) is 0 Å². The van der Waals surface area contributed by atoms with Gasteiger partial charge in [-0.1, -0.05) is 17.7 Å². The van der Waals surface area contributed by atoms with E-state index < -0.39 is 0 Å². The van der Waals surface area contributed by atoms with Crippen molar-refractivity contribution < 1.29 is 14.3 Å². The van der Waals surface area contributed by atoms with Crippen molar-refractivity contribution in [2.45, 2.75) is 32.8 Å². The van der Waals surface area contributed by atoms with Gasteiger partial charge in [0.05, 0.1) is 11.7 Å². The molecule has 4 rings (SSSR count). The van der Waals surface area contributed by atoms with E-state index in [2.05, 4.69) is 15.2 Å². The molecule has 31 heavy (non-hydrogen) atoms. The maximum Gasteiger partial charge on any atom is 0.254 e. The minimum absolute atomic E-state index is 0.0865. The molecule has 1 unspecified atom stereocenters. The second-order valence-corrected chi connectivity index (χ2v) is 8.35.